The number of benzene rings is 2. The highest BCUT2D eigenvalue weighted by atomic mass is 32.1. The van der Waals surface area contributed by atoms with Crippen molar-refractivity contribution in [1.82, 2.24) is 10.3 Å². The topological polar surface area (TPSA) is 83.5 Å². The molecular formula is C22H25N3O3S. The van der Waals surface area contributed by atoms with Gasteiger partial charge in [0.15, 0.2) is 5.13 Å². The van der Waals surface area contributed by atoms with E-state index in [0.717, 1.165) is 46.8 Å². The zero-order valence-corrected chi connectivity index (χ0v) is 17.0. The quantitative estimate of drug-likeness (QED) is 0.515. The Balaban J connectivity index is 1.31. The number of carbonyl (C=O) groups excluding carboxylic acids is 1. The molecule has 0 spiro atoms. The number of ether oxygens (including phenoxy) is 1. The van der Waals surface area contributed by atoms with Gasteiger partial charge in [0.2, 0.25) is 0 Å². The first-order chi connectivity index (χ1) is 14.2. The van der Waals surface area contributed by atoms with Crippen LogP contribution in [0.2, 0.25) is 0 Å². The summed E-state index contributed by atoms with van der Waals surface area (Å²) in [4.78, 5) is 17.1. The van der Waals surface area contributed by atoms with E-state index >= 15 is 0 Å². The Hall–Kier alpha value is -2.64. The molecule has 1 aromatic heterocycles. The minimum Gasteiger partial charge on any atom is -0.492 e. The minimum absolute atomic E-state index is 0.118. The molecule has 1 fully saturated rings. The molecule has 0 atom stereocenters. The highest BCUT2D eigenvalue weighted by molar-refractivity contribution is 7.22. The first-order valence-corrected chi connectivity index (χ1v) is 10.8. The fourth-order valence-corrected chi connectivity index (χ4v) is 4.46. The first-order valence-electron chi connectivity index (χ1n) is 9.98. The number of para-hydroxylation sites is 1. The summed E-state index contributed by atoms with van der Waals surface area (Å²) in [6.45, 7) is 0.859. The molecule has 7 heteroatoms. The van der Waals surface area contributed by atoms with Crippen LogP contribution in [-0.4, -0.2) is 41.3 Å². The summed E-state index contributed by atoms with van der Waals surface area (Å²) in [5.41, 5.74) is 1.51. The number of anilines is 1. The molecule has 0 bridgehead atoms. The molecule has 2 aromatic carbocycles. The summed E-state index contributed by atoms with van der Waals surface area (Å²) in [5, 5.41) is 16.9. The number of aromatic nitrogens is 1. The van der Waals surface area contributed by atoms with Gasteiger partial charge in [-0.3, -0.25) is 4.79 Å². The number of rotatable bonds is 7. The second kappa shape index (κ2) is 9.24. The van der Waals surface area contributed by atoms with Crippen molar-refractivity contribution < 1.29 is 14.6 Å². The fraction of sp³-hybridized carbons (Fsp3) is 0.364. The lowest BCUT2D eigenvalue weighted by molar-refractivity contribution is 0.0947. The van der Waals surface area contributed by atoms with E-state index in [-0.39, 0.29) is 12.0 Å². The molecule has 1 heterocycles. The van der Waals surface area contributed by atoms with Crippen LogP contribution in [-0.2, 0) is 0 Å². The molecule has 3 N–H and O–H groups in total. The van der Waals surface area contributed by atoms with E-state index < -0.39 is 0 Å². The number of aliphatic hydroxyl groups is 1. The van der Waals surface area contributed by atoms with Gasteiger partial charge in [-0.1, -0.05) is 29.5 Å². The number of carbonyl (C=O) groups is 1. The largest absolute Gasteiger partial charge is 0.492 e. The molecular weight excluding hydrogens is 386 g/mol. The zero-order valence-electron chi connectivity index (χ0n) is 16.1. The second-order valence-corrected chi connectivity index (χ2v) is 8.30. The molecule has 1 amide bonds. The third-order valence-corrected chi connectivity index (χ3v) is 6.02. The van der Waals surface area contributed by atoms with Gasteiger partial charge in [0.05, 0.1) is 22.9 Å². The van der Waals surface area contributed by atoms with Crippen molar-refractivity contribution >= 4 is 32.6 Å². The maximum Gasteiger partial charge on any atom is 0.251 e. The first kappa shape index (κ1) is 19.7. The van der Waals surface area contributed by atoms with E-state index in [0.29, 0.717) is 24.8 Å². The van der Waals surface area contributed by atoms with Crippen LogP contribution in [0.1, 0.15) is 36.0 Å². The van der Waals surface area contributed by atoms with E-state index in [4.69, 9.17) is 4.74 Å². The van der Waals surface area contributed by atoms with E-state index in [2.05, 4.69) is 15.6 Å². The van der Waals surface area contributed by atoms with E-state index in [1.807, 2.05) is 42.5 Å². The number of nitrogens with zero attached hydrogens (tertiary/aromatic N) is 1. The standard InChI is InChI=1S/C22H25N3O3S/c26-17-9-7-16(8-10-17)24-22-25-19-11-6-15(14-20(19)29-22)21(27)23-12-13-28-18-4-2-1-3-5-18/h1-6,11,14,16-17,26H,7-10,12-13H2,(H,23,27)(H,24,25). The van der Waals surface area contributed by atoms with Gasteiger partial charge in [-0.15, -0.1) is 0 Å². The molecule has 29 heavy (non-hydrogen) atoms. The number of hydrogen-bond acceptors (Lipinski definition) is 6. The van der Waals surface area contributed by atoms with Crippen LogP contribution in [0.3, 0.4) is 0 Å². The maximum absolute atomic E-state index is 12.4. The molecule has 0 aliphatic heterocycles. The van der Waals surface area contributed by atoms with Crippen molar-refractivity contribution in [2.45, 2.75) is 37.8 Å². The van der Waals surface area contributed by atoms with Gasteiger partial charge < -0.3 is 20.5 Å². The molecule has 1 aliphatic carbocycles. The summed E-state index contributed by atoms with van der Waals surface area (Å²) >= 11 is 1.56. The minimum atomic E-state index is -0.164. The van der Waals surface area contributed by atoms with Crippen molar-refractivity contribution in [3.05, 3.63) is 54.1 Å². The van der Waals surface area contributed by atoms with Crippen LogP contribution in [0.15, 0.2) is 48.5 Å². The molecule has 152 valence electrons. The summed E-state index contributed by atoms with van der Waals surface area (Å²) < 4.78 is 6.58. The Morgan fingerprint density at radius 2 is 1.93 bits per heavy atom. The second-order valence-electron chi connectivity index (χ2n) is 7.27. The molecule has 0 unspecified atom stereocenters. The van der Waals surface area contributed by atoms with E-state index in [1.54, 1.807) is 17.4 Å². The molecule has 4 rings (SSSR count). The number of aliphatic hydroxyl groups excluding tert-OH is 1. The molecule has 6 nitrogen and oxygen atoms in total. The van der Waals surface area contributed by atoms with Crippen molar-refractivity contribution in [1.29, 1.82) is 0 Å². The third kappa shape index (κ3) is 5.25. The average Bonchev–Trinajstić information content (AvgIpc) is 3.15. The van der Waals surface area contributed by atoms with Gasteiger partial charge in [0, 0.05) is 11.6 Å². The Labute approximate surface area is 173 Å². The van der Waals surface area contributed by atoms with Gasteiger partial charge in [-0.25, -0.2) is 4.98 Å². The molecule has 0 saturated heterocycles. The predicted octanol–water partition coefficient (Wildman–Crippen LogP) is 3.82. The summed E-state index contributed by atoms with van der Waals surface area (Å²) in [5.74, 6) is 0.674. The van der Waals surface area contributed by atoms with Crippen LogP contribution >= 0.6 is 11.3 Å². The molecule has 3 aromatic rings. The lowest BCUT2D eigenvalue weighted by Crippen LogP contribution is -2.28. The highest BCUT2D eigenvalue weighted by Gasteiger charge is 2.20. The number of amides is 1. The van der Waals surface area contributed by atoms with Crippen LogP contribution in [0.5, 0.6) is 5.75 Å². The SMILES string of the molecule is O=C(NCCOc1ccccc1)c1ccc2nc(NC3CCC(O)CC3)sc2c1. The Bertz CT molecular complexity index is 952. The van der Waals surface area contributed by atoms with Crippen LogP contribution in [0.4, 0.5) is 5.13 Å². The molecule has 1 aliphatic rings. The van der Waals surface area contributed by atoms with Crippen molar-refractivity contribution in [3.8, 4) is 5.75 Å². The average molecular weight is 412 g/mol. The van der Waals surface area contributed by atoms with Crippen molar-refractivity contribution in [2.24, 2.45) is 0 Å². The van der Waals surface area contributed by atoms with Crippen molar-refractivity contribution in [2.75, 3.05) is 18.5 Å². The zero-order chi connectivity index (χ0) is 20.1. The van der Waals surface area contributed by atoms with Gasteiger partial charge >= 0.3 is 0 Å². The van der Waals surface area contributed by atoms with Gasteiger partial charge in [-0.2, -0.15) is 0 Å². The maximum atomic E-state index is 12.4. The summed E-state index contributed by atoms with van der Waals surface area (Å²) in [6.07, 6.45) is 3.41. The Morgan fingerprint density at radius 3 is 2.72 bits per heavy atom. The van der Waals surface area contributed by atoms with E-state index in [9.17, 15) is 9.90 Å². The van der Waals surface area contributed by atoms with Gasteiger partial charge in [-0.05, 0) is 56.0 Å². The number of hydrogen-bond donors (Lipinski definition) is 3. The summed E-state index contributed by atoms with van der Waals surface area (Å²) in [7, 11) is 0. The smallest absolute Gasteiger partial charge is 0.251 e. The molecule has 1 saturated carbocycles. The van der Waals surface area contributed by atoms with E-state index in [1.165, 1.54) is 0 Å². The highest BCUT2D eigenvalue weighted by Crippen LogP contribution is 2.29. The molecule has 0 radical (unpaired) electrons. The normalized spacial score (nSPS) is 19.1. The lowest BCUT2D eigenvalue weighted by Gasteiger charge is -2.25. The fourth-order valence-electron chi connectivity index (χ4n) is 3.47. The number of fused-ring (bicyclic) bond motifs is 1. The van der Waals surface area contributed by atoms with Crippen LogP contribution in [0, 0.1) is 0 Å². The summed E-state index contributed by atoms with van der Waals surface area (Å²) in [6, 6.07) is 15.5. The van der Waals surface area contributed by atoms with Crippen molar-refractivity contribution in [3.63, 3.8) is 0 Å². The van der Waals surface area contributed by atoms with Gasteiger partial charge in [0.1, 0.15) is 12.4 Å². The Kier molecular flexibility index (Phi) is 6.27. The number of nitrogens with one attached hydrogen (secondary N) is 2. The monoisotopic (exact) mass is 411 g/mol. The predicted molar refractivity (Wildman–Crippen MR) is 116 cm³/mol. The number of thiazole rings is 1. The van der Waals surface area contributed by atoms with Gasteiger partial charge in [0.25, 0.3) is 5.91 Å². The van der Waals surface area contributed by atoms with Crippen LogP contribution in [0.25, 0.3) is 10.2 Å². The van der Waals surface area contributed by atoms with Crippen LogP contribution < -0.4 is 15.4 Å². The lowest BCUT2D eigenvalue weighted by atomic mass is 9.93. The Morgan fingerprint density at radius 1 is 1.14 bits per heavy atom. The third-order valence-electron chi connectivity index (χ3n) is 5.07.